The fourth-order valence-electron chi connectivity index (χ4n) is 2.26. The summed E-state index contributed by atoms with van der Waals surface area (Å²) in [6, 6.07) is 0. The van der Waals surface area contributed by atoms with Gasteiger partial charge in [0.25, 0.3) is 0 Å². The number of nitrogens with zero attached hydrogens (tertiary/aromatic N) is 2. The normalized spacial score (nSPS) is 19.2. The van der Waals surface area contributed by atoms with Crippen molar-refractivity contribution in [1.82, 2.24) is 9.78 Å². The summed E-state index contributed by atoms with van der Waals surface area (Å²) >= 11 is 5.89. The molecule has 1 N–H and O–H groups in total. The summed E-state index contributed by atoms with van der Waals surface area (Å²) in [6.07, 6.45) is -2.73. The number of aliphatic hydroxyl groups is 1. The van der Waals surface area contributed by atoms with Crippen molar-refractivity contribution >= 4 is 11.6 Å². The van der Waals surface area contributed by atoms with Gasteiger partial charge < -0.3 is 5.11 Å². The van der Waals surface area contributed by atoms with Gasteiger partial charge in [0.1, 0.15) is 5.15 Å². The van der Waals surface area contributed by atoms with Crippen LogP contribution in [0.2, 0.25) is 5.15 Å². The van der Waals surface area contributed by atoms with Crippen molar-refractivity contribution in [2.24, 2.45) is 7.05 Å². The predicted molar refractivity (Wildman–Crippen MR) is 55.8 cm³/mol. The number of rotatable bonds is 2. The van der Waals surface area contributed by atoms with Gasteiger partial charge in [-0.1, -0.05) is 18.0 Å². The molecule has 1 aromatic rings. The van der Waals surface area contributed by atoms with Crippen LogP contribution in [0, 0.1) is 0 Å². The van der Waals surface area contributed by atoms with E-state index in [-0.39, 0.29) is 17.3 Å². The molecule has 1 saturated carbocycles. The Bertz CT molecular complexity index is 432. The van der Waals surface area contributed by atoms with Crippen LogP contribution in [0.3, 0.4) is 0 Å². The van der Waals surface area contributed by atoms with E-state index in [9.17, 15) is 18.3 Å². The summed E-state index contributed by atoms with van der Waals surface area (Å²) in [7, 11) is 1.37. The average molecular weight is 269 g/mol. The second kappa shape index (κ2) is 3.88. The Morgan fingerprint density at radius 3 is 2.41 bits per heavy atom. The van der Waals surface area contributed by atoms with Crippen LogP contribution in [-0.2, 0) is 18.6 Å². The molecule has 1 heterocycles. The van der Waals surface area contributed by atoms with Crippen molar-refractivity contribution in [1.29, 1.82) is 0 Å². The van der Waals surface area contributed by atoms with E-state index < -0.39 is 17.3 Å². The molecule has 1 fully saturated rings. The standard InChI is InChI=1S/C10H12ClF3N2O/c1-16-8(11)6(7(15-16)10(12,13)14)9(5-17)3-2-4-9/h17H,2-5H2,1H3. The van der Waals surface area contributed by atoms with Crippen molar-refractivity contribution < 1.29 is 18.3 Å². The van der Waals surface area contributed by atoms with E-state index in [1.165, 1.54) is 7.05 Å². The third kappa shape index (κ3) is 1.83. The molecular weight excluding hydrogens is 257 g/mol. The Hall–Kier alpha value is -0.750. The van der Waals surface area contributed by atoms with Crippen LogP contribution in [0.25, 0.3) is 0 Å². The summed E-state index contributed by atoms with van der Waals surface area (Å²) in [5.41, 5.74) is -1.89. The summed E-state index contributed by atoms with van der Waals surface area (Å²) in [5.74, 6) is 0. The first kappa shape index (κ1) is 12.7. The minimum absolute atomic E-state index is 0.0360. The maximum Gasteiger partial charge on any atom is 0.435 e. The van der Waals surface area contributed by atoms with Gasteiger partial charge in [0.05, 0.1) is 6.61 Å². The van der Waals surface area contributed by atoms with Crippen LogP contribution in [0.1, 0.15) is 30.5 Å². The first-order chi connectivity index (χ1) is 7.82. The molecule has 1 aliphatic carbocycles. The Kier molecular flexibility index (Phi) is 2.90. The molecule has 96 valence electrons. The summed E-state index contributed by atoms with van der Waals surface area (Å²) in [5, 5.41) is 12.7. The lowest BCUT2D eigenvalue weighted by Gasteiger charge is -2.40. The molecule has 0 bridgehead atoms. The Labute approximate surface area is 101 Å². The molecule has 2 rings (SSSR count). The second-order valence-corrected chi connectivity index (χ2v) is 4.79. The van der Waals surface area contributed by atoms with Crippen LogP contribution in [0.15, 0.2) is 0 Å². The number of aryl methyl sites for hydroxylation is 1. The van der Waals surface area contributed by atoms with Gasteiger partial charge in [-0.05, 0) is 12.8 Å². The van der Waals surface area contributed by atoms with E-state index in [2.05, 4.69) is 5.10 Å². The highest BCUT2D eigenvalue weighted by Gasteiger charge is 2.49. The maximum absolute atomic E-state index is 12.9. The molecule has 3 nitrogen and oxygen atoms in total. The minimum atomic E-state index is -4.54. The van der Waals surface area contributed by atoms with Crippen molar-refractivity contribution in [3.63, 3.8) is 0 Å². The highest BCUT2D eigenvalue weighted by molar-refractivity contribution is 6.30. The van der Waals surface area contributed by atoms with E-state index >= 15 is 0 Å². The second-order valence-electron chi connectivity index (χ2n) is 4.43. The number of hydrogen-bond donors (Lipinski definition) is 1. The molecule has 0 radical (unpaired) electrons. The molecule has 0 aromatic carbocycles. The Morgan fingerprint density at radius 1 is 1.47 bits per heavy atom. The quantitative estimate of drug-likeness (QED) is 0.895. The Morgan fingerprint density at radius 2 is 2.06 bits per heavy atom. The zero-order chi connectivity index (χ0) is 12.8. The van der Waals surface area contributed by atoms with E-state index in [0.717, 1.165) is 11.1 Å². The zero-order valence-electron chi connectivity index (χ0n) is 9.18. The molecule has 1 aromatic heterocycles. The molecule has 0 atom stereocenters. The average Bonchev–Trinajstić information content (AvgIpc) is 2.45. The van der Waals surface area contributed by atoms with Crippen molar-refractivity contribution in [3.8, 4) is 0 Å². The van der Waals surface area contributed by atoms with Crippen LogP contribution < -0.4 is 0 Å². The fourth-order valence-corrected chi connectivity index (χ4v) is 2.59. The molecule has 0 aliphatic heterocycles. The maximum atomic E-state index is 12.9. The van der Waals surface area contributed by atoms with Gasteiger partial charge in [0, 0.05) is 18.0 Å². The first-order valence-electron chi connectivity index (χ1n) is 5.23. The van der Waals surface area contributed by atoms with Crippen molar-refractivity contribution in [3.05, 3.63) is 16.4 Å². The van der Waals surface area contributed by atoms with Crippen molar-refractivity contribution in [2.75, 3.05) is 6.61 Å². The first-order valence-corrected chi connectivity index (χ1v) is 5.61. The Balaban J connectivity index is 2.59. The predicted octanol–water partition coefficient (Wildman–Crippen LogP) is 2.51. The fraction of sp³-hybridized carbons (Fsp3) is 0.700. The van der Waals surface area contributed by atoms with Gasteiger partial charge in [-0.2, -0.15) is 18.3 Å². The molecule has 0 amide bonds. The van der Waals surface area contributed by atoms with Crippen LogP contribution in [0.5, 0.6) is 0 Å². The smallest absolute Gasteiger partial charge is 0.395 e. The number of aliphatic hydroxyl groups excluding tert-OH is 1. The van der Waals surface area contributed by atoms with Gasteiger partial charge in [0.15, 0.2) is 5.69 Å². The van der Waals surface area contributed by atoms with Gasteiger partial charge in [-0.25, -0.2) is 0 Å². The SMILES string of the molecule is Cn1nc(C(F)(F)F)c(C2(CO)CCC2)c1Cl. The lowest BCUT2D eigenvalue weighted by molar-refractivity contribution is -0.143. The van der Waals surface area contributed by atoms with E-state index in [1.54, 1.807) is 0 Å². The van der Waals surface area contributed by atoms with Gasteiger partial charge >= 0.3 is 6.18 Å². The molecule has 0 spiro atoms. The molecule has 0 saturated heterocycles. The lowest BCUT2D eigenvalue weighted by Crippen LogP contribution is -2.39. The number of hydrogen-bond acceptors (Lipinski definition) is 2. The molecular formula is C10H12ClF3N2O. The van der Waals surface area contributed by atoms with Gasteiger partial charge in [0.2, 0.25) is 0 Å². The third-order valence-electron chi connectivity index (χ3n) is 3.39. The number of alkyl halides is 3. The largest absolute Gasteiger partial charge is 0.435 e. The van der Waals surface area contributed by atoms with Crippen LogP contribution in [-0.4, -0.2) is 21.5 Å². The summed E-state index contributed by atoms with van der Waals surface area (Å²) in [4.78, 5) is 0. The zero-order valence-corrected chi connectivity index (χ0v) is 9.94. The van der Waals surface area contributed by atoms with E-state index in [4.69, 9.17) is 11.6 Å². The van der Waals surface area contributed by atoms with Crippen molar-refractivity contribution in [2.45, 2.75) is 30.9 Å². The van der Waals surface area contributed by atoms with Crippen LogP contribution in [0.4, 0.5) is 13.2 Å². The van der Waals surface area contributed by atoms with Gasteiger partial charge in [-0.3, -0.25) is 4.68 Å². The molecule has 1 aliphatic rings. The molecule has 7 heteroatoms. The van der Waals surface area contributed by atoms with Crippen LogP contribution >= 0.6 is 11.6 Å². The van der Waals surface area contributed by atoms with E-state index in [0.29, 0.717) is 12.8 Å². The monoisotopic (exact) mass is 268 g/mol. The minimum Gasteiger partial charge on any atom is -0.395 e. The number of aromatic nitrogens is 2. The highest BCUT2D eigenvalue weighted by Crippen LogP contribution is 2.50. The highest BCUT2D eigenvalue weighted by atomic mass is 35.5. The van der Waals surface area contributed by atoms with E-state index in [1.807, 2.05) is 0 Å². The topological polar surface area (TPSA) is 38.0 Å². The lowest BCUT2D eigenvalue weighted by atomic mass is 9.65. The molecule has 17 heavy (non-hydrogen) atoms. The number of halogens is 4. The summed E-state index contributed by atoms with van der Waals surface area (Å²) < 4.78 is 39.6. The third-order valence-corrected chi connectivity index (χ3v) is 3.82. The molecule has 0 unspecified atom stereocenters. The summed E-state index contributed by atoms with van der Waals surface area (Å²) in [6.45, 7) is -0.332. The van der Waals surface area contributed by atoms with Gasteiger partial charge in [-0.15, -0.1) is 0 Å².